The van der Waals surface area contributed by atoms with Gasteiger partial charge in [-0.25, -0.2) is 0 Å². The molecule has 0 spiro atoms. The summed E-state index contributed by atoms with van der Waals surface area (Å²) in [6.07, 6.45) is 12.1. The van der Waals surface area contributed by atoms with Gasteiger partial charge in [0.15, 0.2) is 0 Å². The van der Waals surface area contributed by atoms with Crippen molar-refractivity contribution < 1.29 is 5.11 Å². The molecule has 3 fully saturated rings. The summed E-state index contributed by atoms with van der Waals surface area (Å²) in [4.78, 5) is 0. The van der Waals surface area contributed by atoms with Crippen molar-refractivity contribution in [3.8, 4) is 0 Å². The molecule has 0 heterocycles. The molecule has 0 amide bonds. The zero-order valence-electron chi connectivity index (χ0n) is 13.6. The SMILES string of the molecule is C[C@]12CC[C@H]3[C@@H](CC=C4C[C@@H](O)CC[C@@]43C)[C@@H]1CC[C@@H]2N. The Bertz CT molecular complexity index is 472. The highest BCUT2D eigenvalue weighted by molar-refractivity contribution is 5.25. The summed E-state index contributed by atoms with van der Waals surface area (Å²) in [7, 11) is 0. The number of aliphatic hydroxyl groups excluding tert-OH is 1. The van der Waals surface area contributed by atoms with Gasteiger partial charge in [0.05, 0.1) is 6.10 Å². The van der Waals surface area contributed by atoms with Crippen molar-refractivity contribution in [2.45, 2.75) is 77.4 Å². The molecule has 4 aliphatic carbocycles. The number of nitrogens with two attached hydrogens (primary N) is 1. The van der Waals surface area contributed by atoms with Gasteiger partial charge in [-0.1, -0.05) is 25.5 Å². The molecule has 118 valence electrons. The predicted molar refractivity (Wildman–Crippen MR) is 85.7 cm³/mol. The summed E-state index contributed by atoms with van der Waals surface area (Å²) in [5.41, 5.74) is 8.83. The van der Waals surface area contributed by atoms with Crippen molar-refractivity contribution in [1.82, 2.24) is 0 Å². The fourth-order valence-corrected chi connectivity index (χ4v) is 6.68. The molecule has 21 heavy (non-hydrogen) atoms. The average molecular weight is 289 g/mol. The summed E-state index contributed by atoms with van der Waals surface area (Å²) >= 11 is 0. The maximum atomic E-state index is 10.0. The number of aliphatic hydroxyl groups is 1. The quantitative estimate of drug-likeness (QED) is 0.669. The number of allylic oxidation sites excluding steroid dienone is 1. The van der Waals surface area contributed by atoms with Crippen molar-refractivity contribution in [3.05, 3.63) is 11.6 Å². The van der Waals surface area contributed by atoms with Gasteiger partial charge in [0.25, 0.3) is 0 Å². The van der Waals surface area contributed by atoms with E-state index in [-0.39, 0.29) is 6.10 Å². The summed E-state index contributed by atoms with van der Waals surface area (Å²) < 4.78 is 0. The van der Waals surface area contributed by atoms with E-state index in [1.165, 1.54) is 38.5 Å². The highest BCUT2D eigenvalue weighted by Gasteiger charge is 2.57. The lowest BCUT2D eigenvalue weighted by atomic mass is 9.48. The molecule has 0 aromatic heterocycles. The highest BCUT2D eigenvalue weighted by Crippen LogP contribution is 2.64. The minimum atomic E-state index is -0.0883. The van der Waals surface area contributed by atoms with E-state index < -0.39 is 0 Å². The van der Waals surface area contributed by atoms with Crippen molar-refractivity contribution in [2.24, 2.45) is 34.3 Å². The first kappa shape index (κ1) is 14.3. The van der Waals surface area contributed by atoms with Gasteiger partial charge in [0.2, 0.25) is 0 Å². The van der Waals surface area contributed by atoms with Crippen LogP contribution >= 0.6 is 0 Å². The molecule has 3 N–H and O–H groups in total. The minimum Gasteiger partial charge on any atom is -0.393 e. The van der Waals surface area contributed by atoms with E-state index in [4.69, 9.17) is 5.73 Å². The maximum Gasteiger partial charge on any atom is 0.0577 e. The Morgan fingerprint density at radius 1 is 1.10 bits per heavy atom. The second-order valence-corrected chi connectivity index (χ2v) is 8.88. The fourth-order valence-electron chi connectivity index (χ4n) is 6.68. The molecule has 0 aliphatic heterocycles. The molecule has 0 saturated heterocycles. The van der Waals surface area contributed by atoms with Gasteiger partial charge < -0.3 is 10.8 Å². The number of fused-ring (bicyclic) bond motifs is 5. The Hall–Kier alpha value is -0.340. The molecule has 2 nitrogen and oxygen atoms in total. The van der Waals surface area contributed by atoms with Crippen LogP contribution in [0.2, 0.25) is 0 Å². The highest BCUT2D eigenvalue weighted by atomic mass is 16.3. The van der Waals surface area contributed by atoms with Crippen molar-refractivity contribution in [3.63, 3.8) is 0 Å². The normalized spacial score (nSPS) is 56.2. The number of hydrogen-bond acceptors (Lipinski definition) is 2. The Labute approximate surface area is 129 Å². The lowest BCUT2D eigenvalue weighted by molar-refractivity contribution is -0.0401. The van der Waals surface area contributed by atoms with Crippen LogP contribution in [0.1, 0.15) is 65.2 Å². The van der Waals surface area contributed by atoms with E-state index in [1.54, 1.807) is 5.57 Å². The van der Waals surface area contributed by atoms with Crippen LogP contribution in [0, 0.1) is 28.6 Å². The van der Waals surface area contributed by atoms with Crippen LogP contribution < -0.4 is 5.73 Å². The summed E-state index contributed by atoms with van der Waals surface area (Å²) in [5, 5.41) is 10.0. The Morgan fingerprint density at radius 3 is 2.71 bits per heavy atom. The first-order chi connectivity index (χ1) is 9.95. The average Bonchev–Trinajstić information content (AvgIpc) is 2.76. The molecule has 4 aliphatic rings. The van der Waals surface area contributed by atoms with Crippen LogP contribution in [0.15, 0.2) is 11.6 Å². The van der Waals surface area contributed by atoms with E-state index in [0.717, 1.165) is 30.6 Å². The Morgan fingerprint density at radius 2 is 1.90 bits per heavy atom. The Kier molecular flexibility index (Phi) is 3.11. The van der Waals surface area contributed by atoms with Gasteiger partial charge in [-0.15, -0.1) is 0 Å². The molecule has 0 bridgehead atoms. The Balaban J connectivity index is 1.68. The van der Waals surface area contributed by atoms with Crippen molar-refractivity contribution >= 4 is 0 Å². The van der Waals surface area contributed by atoms with Gasteiger partial charge >= 0.3 is 0 Å². The van der Waals surface area contributed by atoms with Crippen LogP contribution in [-0.2, 0) is 0 Å². The predicted octanol–water partition coefficient (Wildman–Crippen LogP) is 3.64. The third kappa shape index (κ3) is 1.84. The first-order valence-electron chi connectivity index (χ1n) is 9.08. The lowest BCUT2D eigenvalue weighted by Gasteiger charge is -2.57. The lowest BCUT2D eigenvalue weighted by Crippen LogP contribution is -2.52. The molecule has 2 heteroatoms. The van der Waals surface area contributed by atoms with Crippen LogP contribution in [0.5, 0.6) is 0 Å². The monoisotopic (exact) mass is 289 g/mol. The third-order valence-corrected chi connectivity index (χ3v) is 8.15. The number of rotatable bonds is 0. The second-order valence-electron chi connectivity index (χ2n) is 8.88. The molecule has 0 radical (unpaired) electrons. The molecule has 4 rings (SSSR count). The second kappa shape index (κ2) is 4.58. The minimum absolute atomic E-state index is 0.0883. The summed E-state index contributed by atoms with van der Waals surface area (Å²) in [5.74, 6) is 2.53. The zero-order chi connectivity index (χ0) is 14.8. The molecular weight excluding hydrogens is 258 g/mol. The topological polar surface area (TPSA) is 46.2 Å². The molecular formula is C19H31NO. The van der Waals surface area contributed by atoms with Crippen LogP contribution in [0.4, 0.5) is 0 Å². The molecule has 0 unspecified atom stereocenters. The van der Waals surface area contributed by atoms with Crippen molar-refractivity contribution in [2.75, 3.05) is 0 Å². The molecule has 0 aromatic carbocycles. The largest absolute Gasteiger partial charge is 0.393 e. The van der Waals surface area contributed by atoms with Gasteiger partial charge in [-0.05, 0) is 80.0 Å². The van der Waals surface area contributed by atoms with Crippen LogP contribution in [0.3, 0.4) is 0 Å². The summed E-state index contributed by atoms with van der Waals surface area (Å²) in [6.45, 7) is 4.97. The van der Waals surface area contributed by atoms with Gasteiger partial charge in [0, 0.05) is 6.04 Å². The van der Waals surface area contributed by atoms with Gasteiger partial charge in [-0.2, -0.15) is 0 Å². The molecule has 3 saturated carbocycles. The molecule has 7 atom stereocenters. The zero-order valence-corrected chi connectivity index (χ0v) is 13.6. The van der Waals surface area contributed by atoms with E-state index in [0.29, 0.717) is 16.9 Å². The van der Waals surface area contributed by atoms with E-state index in [2.05, 4.69) is 19.9 Å². The standard InChI is InChI=1S/C19H31NO/c1-18-9-7-13(21)11-12(18)3-4-14-15-5-6-17(20)19(15,2)10-8-16(14)18/h3,13-17,21H,4-11,20H2,1-2H3/t13-,14-,15-,16-,17-,18-,19-/m0/s1. The van der Waals surface area contributed by atoms with Crippen LogP contribution in [0.25, 0.3) is 0 Å². The van der Waals surface area contributed by atoms with E-state index >= 15 is 0 Å². The van der Waals surface area contributed by atoms with E-state index in [9.17, 15) is 5.11 Å². The van der Waals surface area contributed by atoms with Gasteiger partial charge in [-0.3, -0.25) is 0 Å². The summed E-state index contributed by atoms with van der Waals surface area (Å²) in [6, 6.07) is 0.426. The third-order valence-electron chi connectivity index (χ3n) is 8.15. The smallest absolute Gasteiger partial charge is 0.0577 e. The molecule has 0 aromatic rings. The number of hydrogen-bond donors (Lipinski definition) is 2. The van der Waals surface area contributed by atoms with Crippen molar-refractivity contribution in [1.29, 1.82) is 0 Å². The first-order valence-corrected chi connectivity index (χ1v) is 9.08. The van der Waals surface area contributed by atoms with Gasteiger partial charge in [0.1, 0.15) is 0 Å². The maximum absolute atomic E-state index is 10.0. The van der Waals surface area contributed by atoms with E-state index in [1.807, 2.05) is 0 Å². The van der Waals surface area contributed by atoms with Crippen LogP contribution in [-0.4, -0.2) is 17.3 Å². The fraction of sp³-hybridized carbons (Fsp3) is 0.895.